The molecule has 0 aliphatic carbocycles. The van der Waals surface area contributed by atoms with Crippen molar-refractivity contribution in [1.82, 2.24) is 4.98 Å². The number of aryl methyl sites for hydroxylation is 1. The third kappa shape index (κ3) is 16.0. The molecule has 13 heteroatoms. The van der Waals surface area contributed by atoms with E-state index in [2.05, 4.69) is 17.1 Å². The summed E-state index contributed by atoms with van der Waals surface area (Å²) in [5.74, 6) is -0.628. The van der Waals surface area contributed by atoms with Gasteiger partial charge in [-0.2, -0.15) is 10.5 Å². The van der Waals surface area contributed by atoms with Gasteiger partial charge in [0, 0.05) is 32.1 Å². The zero-order valence-corrected chi connectivity index (χ0v) is 33.7. The van der Waals surface area contributed by atoms with Crippen LogP contribution in [-0.4, -0.2) is 69.7 Å². The summed E-state index contributed by atoms with van der Waals surface area (Å²) in [6.45, 7) is 17.3. The zero-order chi connectivity index (χ0) is 41.2. The molecule has 0 bridgehead atoms. The highest BCUT2D eigenvalue weighted by Crippen LogP contribution is 2.42. The maximum atomic E-state index is 13.6. The minimum Gasteiger partial charge on any atom is -0.489 e. The second-order valence-corrected chi connectivity index (χ2v) is 12.3. The van der Waals surface area contributed by atoms with E-state index in [0.29, 0.717) is 28.5 Å². The van der Waals surface area contributed by atoms with Crippen LogP contribution in [0.3, 0.4) is 0 Å². The molecule has 1 aliphatic heterocycles. The number of hydrogen-bond donors (Lipinski definition) is 5. The van der Waals surface area contributed by atoms with E-state index in [1.807, 2.05) is 63.2 Å². The number of aromatic nitrogens is 1. The van der Waals surface area contributed by atoms with E-state index in [0.717, 1.165) is 22.4 Å². The second-order valence-electron chi connectivity index (χ2n) is 11.4. The number of carbonyl (C=O) groups excluding carboxylic acids is 1. The molecule has 3 aromatic rings. The molecule has 4 rings (SSSR count). The summed E-state index contributed by atoms with van der Waals surface area (Å²) in [6.07, 6.45) is -0.414. The van der Waals surface area contributed by atoms with Crippen LogP contribution in [0.4, 0.5) is 0 Å². The Morgan fingerprint density at radius 2 is 1.48 bits per heavy atom. The highest BCUT2D eigenvalue weighted by Gasteiger charge is 2.38. The highest BCUT2D eigenvalue weighted by atomic mass is 32.2. The van der Waals surface area contributed by atoms with Crippen LogP contribution >= 0.6 is 11.8 Å². The SMILES string of the molecule is CCO.CCO.CCO.CCO.Cc1nc(SCC2=C(C(=O)OC(C)C)C(c3cccc(OCc4ccccc4)c3)C(C#N)=C(N)O2)c(C#N)c(C)c1C. The van der Waals surface area contributed by atoms with E-state index in [4.69, 9.17) is 40.4 Å². The summed E-state index contributed by atoms with van der Waals surface area (Å²) >= 11 is 1.26. The molecule has 0 fully saturated rings. The number of aliphatic hydroxyl groups is 4. The minimum atomic E-state index is -0.851. The van der Waals surface area contributed by atoms with E-state index in [9.17, 15) is 15.3 Å². The quantitative estimate of drug-likeness (QED) is 0.120. The van der Waals surface area contributed by atoms with Crippen molar-refractivity contribution in [1.29, 1.82) is 10.5 Å². The van der Waals surface area contributed by atoms with E-state index in [1.54, 1.807) is 53.7 Å². The van der Waals surface area contributed by atoms with E-state index < -0.39 is 18.0 Å². The van der Waals surface area contributed by atoms with Gasteiger partial charge in [-0.1, -0.05) is 54.2 Å². The van der Waals surface area contributed by atoms with Crippen LogP contribution in [0.1, 0.15) is 81.0 Å². The first kappa shape index (κ1) is 49.1. The van der Waals surface area contributed by atoms with E-state index in [1.165, 1.54) is 11.8 Å². The van der Waals surface area contributed by atoms with Crippen LogP contribution in [-0.2, 0) is 20.9 Å². The number of hydrogen-bond acceptors (Lipinski definition) is 13. The molecule has 2 aromatic carbocycles. The Kier molecular flexibility index (Phi) is 25.2. The van der Waals surface area contributed by atoms with Crippen molar-refractivity contribution in [2.45, 2.75) is 86.0 Å². The van der Waals surface area contributed by atoms with Crippen LogP contribution in [0, 0.1) is 43.4 Å². The van der Waals surface area contributed by atoms with Crippen molar-refractivity contribution >= 4 is 17.7 Å². The summed E-state index contributed by atoms with van der Waals surface area (Å²) in [5.41, 5.74) is 11.2. The lowest BCUT2D eigenvalue weighted by Gasteiger charge is -2.29. The average molecular weight is 765 g/mol. The molecule has 0 spiro atoms. The number of pyridine rings is 1. The first-order valence-electron chi connectivity index (χ1n) is 17.5. The maximum Gasteiger partial charge on any atom is 0.338 e. The lowest BCUT2D eigenvalue weighted by Crippen LogP contribution is -2.28. The number of benzene rings is 2. The third-order valence-corrected chi connectivity index (χ3v) is 7.89. The van der Waals surface area contributed by atoms with Gasteiger partial charge in [0.1, 0.15) is 40.9 Å². The molecule has 1 atom stereocenters. The van der Waals surface area contributed by atoms with Crippen molar-refractivity contribution < 1.29 is 39.4 Å². The lowest BCUT2D eigenvalue weighted by atomic mass is 9.83. The number of nitrogens with two attached hydrogens (primary N) is 1. The van der Waals surface area contributed by atoms with Crippen LogP contribution in [0.15, 0.2) is 82.4 Å². The standard InChI is InChI=1S/C33H32N4O4S.4C2H6O/c1-19(2)40-33(38)30-28(18-42-32-26(15-34)21(4)20(3)22(5)37-32)41-31(36)27(16-35)29(30)24-12-9-13-25(14-24)39-17-23-10-7-6-8-11-23;4*1-2-3/h6-14,19,29H,17-18,36H2,1-5H3;4*3H,2H2,1H3. The fraction of sp³-hybridized carbons (Fsp3) is 0.415. The van der Waals surface area contributed by atoms with Gasteiger partial charge < -0.3 is 40.4 Å². The number of nitrogens with zero attached hydrogens (tertiary/aromatic N) is 3. The topological polar surface area (TPSA) is 212 Å². The number of aliphatic hydroxyl groups excluding tert-OH is 4. The molecule has 0 saturated heterocycles. The number of rotatable bonds is 9. The largest absolute Gasteiger partial charge is 0.489 e. The number of esters is 1. The predicted octanol–water partition coefficient (Wildman–Crippen LogP) is 6.26. The van der Waals surface area contributed by atoms with E-state index >= 15 is 0 Å². The summed E-state index contributed by atoms with van der Waals surface area (Å²) in [6, 6.07) is 21.4. The van der Waals surface area contributed by atoms with Gasteiger partial charge in [0.25, 0.3) is 0 Å². The van der Waals surface area contributed by atoms with Gasteiger partial charge in [-0.25, -0.2) is 9.78 Å². The van der Waals surface area contributed by atoms with Crippen molar-refractivity contribution in [3.8, 4) is 17.9 Å². The molecule has 54 heavy (non-hydrogen) atoms. The molecule has 1 unspecified atom stereocenters. The van der Waals surface area contributed by atoms with Crippen LogP contribution in [0.25, 0.3) is 0 Å². The molecular weight excluding hydrogens is 709 g/mol. The molecule has 0 amide bonds. The van der Waals surface area contributed by atoms with Gasteiger partial charge >= 0.3 is 5.97 Å². The molecule has 2 heterocycles. The van der Waals surface area contributed by atoms with Crippen molar-refractivity contribution in [3.63, 3.8) is 0 Å². The van der Waals surface area contributed by atoms with Gasteiger partial charge in [0.15, 0.2) is 0 Å². The predicted molar refractivity (Wildman–Crippen MR) is 211 cm³/mol. The van der Waals surface area contributed by atoms with Crippen LogP contribution < -0.4 is 10.5 Å². The number of nitriles is 2. The molecule has 0 radical (unpaired) electrons. The Bertz CT molecular complexity index is 1720. The fourth-order valence-corrected chi connectivity index (χ4v) is 5.59. The highest BCUT2D eigenvalue weighted by molar-refractivity contribution is 7.99. The first-order valence-corrected chi connectivity index (χ1v) is 18.5. The number of allylic oxidation sites excluding steroid dienone is 1. The van der Waals surface area contributed by atoms with Gasteiger partial charge in [-0.3, -0.25) is 0 Å². The normalized spacial score (nSPS) is 12.8. The van der Waals surface area contributed by atoms with Crippen LogP contribution in [0.2, 0.25) is 0 Å². The molecule has 294 valence electrons. The Balaban J connectivity index is 0.00000207. The van der Waals surface area contributed by atoms with Crippen molar-refractivity contribution in [2.75, 3.05) is 32.2 Å². The number of ether oxygens (including phenoxy) is 3. The fourth-order valence-electron chi connectivity index (χ4n) is 4.57. The summed E-state index contributed by atoms with van der Waals surface area (Å²) in [7, 11) is 0. The average Bonchev–Trinajstić information content (AvgIpc) is 3.13. The van der Waals surface area contributed by atoms with E-state index in [-0.39, 0.29) is 55.0 Å². The van der Waals surface area contributed by atoms with Gasteiger partial charge in [-0.15, -0.1) is 0 Å². The monoisotopic (exact) mass is 764 g/mol. The lowest BCUT2D eigenvalue weighted by molar-refractivity contribution is -0.143. The Morgan fingerprint density at radius 1 is 0.907 bits per heavy atom. The van der Waals surface area contributed by atoms with Gasteiger partial charge in [0.2, 0.25) is 5.88 Å². The first-order chi connectivity index (χ1) is 25.8. The molecule has 6 N–H and O–H groups in total. The molecule has 1 aromatic heterocycles. The second kappa shape index (κ2) is 27.7. The van der Waals surface area contributed by atoms with Crippen molar-refractivity contribution in [2.24, 2.45) is 5.73 Å². The maximum absolute atomic E-state index is 13.6. The smallest absolute Gasteiger partial charge is 0.338 e. The third-order valence-electron chi connectivity index (χ3n) is 6.91. The Morgan fingerprint density at radius 3 is 2.00 bits per heavy atom. The molecule has 0 saturated carbocycles. The Hall–Kier alpha value is -4.89. The summed E-state index contributed by atoms with van der Waals surface area (Å²) in [5, 5.41) is 50.8. The van der Waals surface area contributed by atoms with Crippen molar-refractivity contribution in [3.05, 3.63) is 111 Å². The molecule has 12 nitrogen and oxygen atoms in total. The molecule has 1 aliphatic rings. The zero-order valence-electron chi connectivity index (χ0n) is 32.8. The van der Waals surface area contributed by atoms with Gasteiger partial charge in [-0.05, 0) is 96.7 Å². The number of carbonyl (C=O) groups is 1. The number of thioether (sulfide) groups is 1. The summed E-state index contributed by atoms with van der Waals surface area (Å²) in [4.78, 5) is 18.2. The van der Waals surface area contributed by atoms with Gasteiger partial charge in [0.05, 0.1) is 28.9 Å². The summed E-state index contributed by atoms with van der Waals surface area (Å²) < 4.78 is 17.6. The molecular formula is C41H56N4O8S. The minimum absolute atomic E-state index is 0.0949. The van der Waals surface area contributed by atoms with Crippen LogP contribution in [0.5, 0.6) is 5.75 Å². The Labute approximate surface area is 324 Å².